The molecule has 1 N–H and O–H groups in total. The van der Waals surface area contributed by atoms with Gasteiger partial charge in [0.15, 0.2) is 0 Å². The molecular formula is C23H24N4O2. The third kappa shape index (κ3) is 4.71. The second kappa shape index (κ2) is 8.73. The summed E-state index contributed by atoms with van der Waals surface area (Å²) in [6.45, 7) is 1.22. The Morgan fingerprint density at radius 3 is 2.31 bits per heavy atom. The number of nitrogens with one attached hydrogen (secondary N) is 1. The van der Waals surface area contributed by atoms with E-state index in [0.717, 1.165) is 16.9 Å². The molecule has 1 aliphatic heterocycles. The lowest BCUT2D eigenvalue weighted by molar-refractivity contribution is -0.133. The van der Waals surface area contributed by atoms with E-state index in [4.69, 9.17) is 0 Å². The van der Waals surface area contributed by atoms with Gasteiger partial charge in [0.1, 0.15) is 0 Å². The van der Waals surface area contributed by atoms with Crippen molar-refractivity contribution in [3.8, 4) is 5.69 Å². The van der Waals surface area contributed by atoms with Gasteiger partial charge < -0.3 is 10.2 Å². The Hall–Kier alpha value is -3.41. The molecule has 2 heterocycles. The number of benzene rings is 2. The Morgan fingerprint density at radius 1 is 0.966 bits per heavy atom. The molecule has 148 valence electrons. The van der Waals surface area contributed by atoms with Crippen LogP contribution < -0.4 is 5.32 Å². The summed E-state index contributed by atoms with van der Waals surface area (Å²) in [6.07, 6.45) is 5.34. The molecule has 0 radical (unpaired) electrons. The van der Waals surface area contributed by atoms with Crippen LogP contribution in [-0.4, -0.2) is 39.6 Å². The van der Waals surface area contributed by atoms with Gasteiger partial charge in [-0.3, -0.25) is 9.59 Å². The number of carbonyl (C=O) groups is 2. The van der Waals surface area contributed by atoms with Crippen LogP contribution in [0.5, 0.6) is 0 Å². The molecule has 6 nitrogen and oxygen atoms in total. The minimum absolute atomic E-state index is 0.0347. The van der Waals surface area contributed by atoms with Crippen LogP contribution in [0.1, 0.15) is 18.4 Å². The van der Waals surface area contributed by atoms with E-state index in [2.05, 4.69) is 10.4 Å². The highest BCUT2D eigenvalue weighted by atomic mass is 16.2. The third-order valence-corrected chi connectivity index (χ3v) is 5.27. The molecule has 0 aliphatic carbocycles. The number of likely N-dealkylation sites (tertiary alicyclic amines) is 1. The summed E-state index contributed by atoms with van der Waals surface area (Å²) < 4.78 is 1.78. The number of hydrogen-bond donors (Lipinski definition) is 1. The number of carbonyl (C=O) groups excluding carboxylic acids is 2. The van der Waals surface area contributed by atoms with Gasteiger partial charge in [-0.25, -0.2) is 4.68 Å². The predicted octanol–water partition coefficient (Wildman–Crippen LogP) is 3.29. The topological polar surface area (TPSA) is 67.2 Å². The lowest BCUT2D eigenvalue weighted by atomic mass is 9.95. The fraction of sp³-hybridized carbons (Fsp3) is 0.261. The summed E-state index contributed by atoms with van der Waals surface area (Å²) in [5.41, 5.74) is 2.67. The van der Waals surface area contributed by atoms with E-state index in [0.29, 0.717) is 32.4 Å². The van der Waals surface area contributed by atoms with Gasteiger partial charge >= 0.3 is 0 Å². The SMILES string of the molecule is O=C(Nc1ccccc1)C1CCN(C(=O)Cc2cnn(-c3ccccc3)c2)CC1. The van der Waals surface area contributed by atoms with Crippen LogP contribution in [0.4, 0.5) is 5.69 Å². The Morgan fingerprint density at radius 2 is 1.62 bits per heavy atom. The Balaban J connectivity index is 1.28. The minimum atomic E-state index is -0.0555. The lowest BCUT2D eigenvalue weighted by Crippen LogP contribution is -2.42. The maximum absolute atomic E-state index is 12.7. The monoisotopic (exact) mass is 388 g/mol. The third-order valence-electron chi connectivity index (χ3n) is 5.27. The van der Waals surface area contributed by atoms with Gasteiger partial charge in [0.05, 0.1) is 18.3 Å². The number of aromatic nitrogens is 2. The zero-order valence-corrected chi connectivity index (χ0v) is 16.2. The van der Waals surface area contributed by atoms with Crippen molar-refractivity contribution in [1.29, 1.82) is 0 Å². The van der Waals surface area contributed by atoms with Crippen molar-refractivity contribution in [1.82, 2.24) is 14.7 Å². The highest BCUT2D eigenvalue weighted by Crippen LogP contribution is 2.20. The zero-order chi connectivity index (χ0) is 20.1. The van der Waals surface area contributed by atoms with Gasteiger partial charge in [-0.05, 0) is 42.7 Å². The molecule has 2 aromatic carbocycles. The second-order valence-corrected chi connectivity index (χ2v) is 7.32. The molecule has 0 saturated carbocycles. The van der Waals surface area contributed by atoms with Crippen LogP contribution in [0.15, 0.2) is 73.1 Å². The average Bonchev–Trinajstić information content (AvgIpc) is 3.23. The fourth-order valence-electron chi connectivity index (χ4n) is 3.62. The van der Waals surface area contributed by atoms with Gasteiger partial charge in [0.2, 0.25) is 11.8 Å². The minimum Gasteiger partial charge on any atom is -0.342 e. The fourth-order valence-corrected chi connectivity index (χ4v) is 3.62. The van der Waals surface area contributed by atoms with Gasteiger partial charge in [0, 0.05) is 30.9 Å². The predicted molar refractivity (Wildman–Crippen MR) is 112 cm³/mol. The van der Waals surface area contributed by atoms with Crippen molar-refractivity contribution in [3.05, 3.63) is 78.6 Å². The van der Waals surface area contributed by atoms with Crippen LogP contribution in [0.2, 0.25) is 0 Å². The van der Waals surface area contributed by atoms with Gasteiger partial charge in [-0.2, -0.15) is 5.10 Å². The van der Waals surface area contributed by atoms with E-state index in [-0.39, 0.29) is 17.7 Å². The first-order chi connectivity index (χ1) is 14.2. The van der Waals surface area contributed by atoms with Crippen molar-refractivity contribution in [2.45, 2.75) is 19.3 Å². The molecule has 4 rings (SSSR count). The summed E-state index contributed by atoms with van der Waals surface area (Å²) in [7, 11) is 0. The summed E-state index contributed by atoms with van der Waals surface area (Å²) in [6, 6.07) is 19.3. The maximum Gasteiger partial charge on any atom is 0.227 e. The number of rotatable bonds is 5. The summed E-state index contributed by atoms with van der Waals surface area (Å²) >= 11 is 0. The molecule has 1 aromatic heterocycles. The standard InChI is InChI=1S/C23H24N4O2/c28-22(15-18-16-24-27(17-18)21-9-5-2-6-10-21)26-13-11-19(12-14-26)23(29)25-20-7-3-1-4-8-20/h1-10,16-17,19H,11-15H2,(H,25,29). The lowest BCUT2D eigenvalue weighted by Gasteiger charge is -2.31. The Bertz CT molecular complexity index is 961. The Labute approximate surface area is 170 Å². The molecule has 1 fully saturated rings. The number of anilines is 1. The molecule has 0 spiro atoms. The number of piperidine rings is 1. The molecular weight excluding hydrogens is 364 g/mol. The van der Waals surface area contributed by atoms with Gasteiger partial charge in [0.25, 0.3) is 0 Å². The average molecular weight is 388 g/mol. The molecule has 6 heteroatoms. The van der Waals surface area contributed by atoms with Crippen LogP contribution in [0, 0.1) is 5.92 Å². The first kappa shape index (κ1) is 18.9. The number of amides is 2. The molecule has 0 unspecified atom stereocenters. The normalized spacial score (nSPS) is 14.6. The summed E-state index contributed by atoms with van der Waals surface area (Å²) in [5.74, 6) is 0.0621. The number of para-hydroxylation sites is 2. The van der Waals surface area contributed by atoms with Crippen molar-refractivity contribution in [3.63, 3.8) is 0 Å². The zero-order valence-electron chi connectivity index (χ0n) is 16.2. The van der Waals surface area contributed by atoms with E-state index < -0.39 is 0 Å². The summed E-state index contributed by atoms with van der Waals surface area (Å²) in [4.78, 5) is 27.0. The van der Waals surface area contributed by atoms with Gasteiger partial charge in [-0.15, -0.1) is 0 Å². The van der Waals surface area contributed by atoms with E-state index in [1.165, 1.54) is 0 Å². The largest absolute Gasteiger partial charge is 0.342 e. The van der Waals surface area contributed by atoms with Crippen LogP contribution in [-0.2, 0) is 16.0 Å². The molecule has 2 amide bonds. The van der Waals surface area contributed by atoms with E-state index in [1.54, 1.807) is 10.9 Å². The molecule has 0 atom stereocenters. The molecule has 29 heavy (non-hydrogen) atoms. The molecule has 1 saturated heterocycles. The van der Waals surface area contributed by atoms with Crippen molar-refractivity contribution in [2.24, 2.45) is 5.92 Å². The number of nitrogens with zero attached hydrogens (tertiary/aromatic N) is 3. The van der Waals surface area contributed by atoms with Crippen molar-refractivity contribution < 1.29 is 9.59 Å². The quantitative estimate of drug-likeness (QED) is 0.729. The highest BCUT2D eigenvalue weighted by molar-refractivity contribution is 5.92. The Kier molecular flexibility index (Phi) is 5.70. The molecule has 3 aromatic rings. The van der Waals surface area contributed by atoms with E-state index in [9.17, 15) is 9.59 Å². The first-order valence-corrected chi connectivity index (χ1v) is 9.92. The smallest absolute Gasteiger partial charge is 0.227 e. The summed E-state index contributed by atoms with van der Waals surface area (Å²) in [5, 5.41) is 7.31. The van der Waals surface area contributed by atoms with E-state index in [1.807, 2.05) is 71.8 Å². The van der Waals surface area contributed by atoms with E-state index >= 15 is 0 Å². The maximum atomic E-state index is 12.7. The van der Waals surface area contributed by atoms with Crippen molar-refractivity contribution in [2.75, 3.05) is 18.4 Å². The molecule has 0 bridgehead atoms. The van der Waals surface area contributed by atoms with Gasteiger partial charge in [-0.1, -0.05) is 36.4 Å². The molecule has 1 aliphatic rings. The van der Waals surface area contributed by atoms with Crippen molar-refractivity contribution >= 4 is 17.5 Å². The second-order valence-electron chi connectivity index (χ2n) is 7.32. The van der Waals surface area contributed by atoms with Crippen LogP contribution in [0.25, 0.3) is 5.69 Å². The highest BCUT2D eigenvalue weighted by Gasteiger charge is 2.27. The first-order valence-electron chi connectivity index (χ1n) is 9.92. The van der Waals surface area contributed by atoms with Crippen LogP contribution in [0.3, 0.4) is 0 Å². The number of hydrogen-bond acceptors (Lipinski definition) is 3. The van der Waals surface area contributed by atoms with Crippen LogP contribution >= 0.6 is 0 Å².